The predicted octanol–water partition coefficient (Wildman–Crippen LogP) is 2.81. The number of fused-ring (bicyclic) bond motifs is 3. The van der Waals surface area contributed by atoms with Gasteiger partial charge < -0.3 is 15.7 Å². The number of thioether (sulfide) groups is 1. The van der Waals surface area contributed by atoms with Gasteiger partial charge in [0, 0.05) is 23.9 Å². The number of hydrogen-bond donors (Lipinski definition) is 3. The van der Waals surface area contributed by atoms with Crippen LogP contribution in [0.15, 0.2) is 35.7 Å². The van der Waals surface area contributed by atoms with Crippen molar-refractivity contribution in [2.75, 3.05) is 7.05 Å². The first-order valence-electron chi connectivity index (χ1n) is 9.59. The topological polar surface area (TPSA) is 61.4 Å². The lowest BCUT2D eigenvalue weighted by molar-refractivity contribution is -0.128. The molecule has 1 aromatic carbocycles. The van der Waals surface area contributed by atoms with Crippen molar-refractivity contribution in [3.05, 3.63) is 46.9 Å². The van der Waals surface area contributed by atoms with E-state index in [1.165, 1.54) is 11.1 Å². The van der Waals surface area contributed by atoms with Gasteiger partial charge in [-0.05, 0) is 48.8 Å². The average Bonchev–Trinajstić information content (AvgIpc) is 3.13. The van der Waals surface area contributed by atoms with Crippen LogP contribution >= 0.6 is 11.8 Å². The summed E-state index contributed by atoms with van der Waals surface area (Å²) >= 11 is 1.62. The third-order valence-electron chi connectivity index (χ3n) is 6.61. The van der Waals surface area contributed by atoms with Crippen LogP contribution in [-0.2, 0) is 4.79 Å². The Morgan fingerprint density at radius 3 is 2.73 bits per heavy atom. The molecule has 4 rings (SSSR count). The van der Waals surface area contributed by atoms with Crippen molar-refractivity contribution in [1.29, 1.82) is 0 Å². The normalized spacial score (nSPS) is 39.8. The van der Waals surface area contributed by atoms with Gasteiger partial charge in [-0.1, -0.05) is 37.3 Å². The summed E-state index contributed by atoms with van der Waals surface area (Å²) in [6.45, 7) is 4.30. The lowest BCUT2D eigenvalue weighted by Gasteiger charge is -2.51. The third-order valence-corrected chi connectivity index (χ3v) is 7.75. The predicted molar refractivity (Wildman–Crippen MR) is 106 cm³/mol. The summed E-state index contributed by atoms with van der Waals surface area (Å²) in [7, 11) is 1.96. The molecule has 0 spiro atoms. The second-order valence-corrected chi connectivity index (χ2v) is 9.11. The zero-order chi connectivity index (χ0) is 18.4. The average molecular weight is 373 g/mol. The Morgan fingerprint density at radius 2 is 2.04 bits per heavy atom. The number of benzene rings is 1. The van der Waals surface area contributed by atoms with E-state index in [2.05, 4.69) is 60.2 Å². The smallest absolute Gasteiger partial charge is 0.234 e. The number of allylic oxidation sites excluding steroid dienone is 1. The van der Waals surface area contributed by atoms with Crippen LogP contribution in [0.3, 0.4) is 0 Å². The van der Waals surface area contributed by atoms with Crippen LogP contribution in [0.5, 0.6) is 0 Å². The molecule has 5 heteroatoms. The van der Waals surface area contributed by atoms with E-state index in [9.17, 15) is 9.90 Å². The molecule has 3 N–H and O–H groups in total. The van der Waals surface area contributed by atoms with Crippen LogP contribution in [0.2, 0.25) is 0 Å². The maximum Gasteiger partial charge on any atom is 0.234 e. The molecular formula is C21H28N2O2S. The molecule has 7 unspecified atom stereocenters. The summed E-state index contributed by atoms with van der Waals surface area (Å²) in [5.41, 5.74) is 2.43. The molecule has 2 heterocycles. The van der Waals surface area contributed by atoms with Crippen molar-refractivity contribution < 1.29 is 9.90 Å². The molecule has 1 aromatic rings. The van der Waals surface area contributed by atoms with Crippen molar-refractivity contribution >= 4 is 17.7 Å². The van der Waals surface area contributed by atoms with Gasteiger partial charge in [-0.25, -0.2) is 0 Å². The largest absolute Gasteiger partial charge is 0.392 e. The molecule has 140 valence electrons. The minimum Gasteiger partial charge on any atom is -0.392 e. The maximum atomic E-state index is 12.5. The molecule has 1 amide bonds. The monoisotopic (exact) mass is 372 g/mol. The zero-order valence-corrected chi connectivity index (χ0v) is 16.4. The Hall–Kier alpha value is -1.30. The number of piperidine rings is 1. The van der Waals surface area contributed by atoms with Gasteiger partial charge in [-0.15, -0.1) is 11.8 Å². The van der Waals surface area contributed by atoms with Gasteiger partial charge in [-0.3, -0.25) is 4.79 Å². The first-order chi connectivity index (χ1) is 12.5. The fourth-order valence-corrected chi connectivity index (χ4v) is 6.18. The summed E-state index contributed by atoms with van der Waals surface area (Å²) in [4.78, 5) is 12.5. The maximum absolute atomic E-state index is 12.5. The molecule has 0 aromatic heterocycles. The highest BCUT2D eigenvalue weighted by Crippen LogP contribution is 2.51. The van der Waals surface area contributed by atoms with E-state index in [0.29, 0.717) is 12.0 Å². The van der Waals surface area contributed by atoms with Crippen LogP contribution in [-0.4, -0.2) is 35.5 Å². The van der Waals surface area contributed by atoms with Gasteiger partial charge >= 0.3 is 0 Å². The quantitative estimate of drug-likeness (QED) is 0.764. The Labute approximate surface area is 159 Å². The SMILES string of the molecule is CN[C@H](C)c1ccc(C2C(O)CC(C)C3NC(=O)C4SC=CC4C32)cc1. The van der Waals surface area contributed by atoms with Crippen molar-refractivity contribution in [3.8, 4) is 0 Å². The Kier molecular flexibility index (Phi) is 4.88. The first-order valence-corrected chi connectivity index (χ1v) is 10.5. The number of hydrogen-bond acceptors (Lipinski definition) is 4. The van der Waals surface area contributed by atoms with Gasteiger partial charge in [0.05, 0.1) is 11.4 Å². The van der Waals surface area contributed by atoms with E-state index >= 15 is 0 Å². The summed E-state index contributed by atoms with van der Waals surface area (Å²) in [6.07, 6.45) is 2.56. The van der Waals surface area contributed by atoms with Gasteiger partial charge in [0.2, 0.25) is 5.91 Å². The van der Waals surface area contributed by atoms with Crippen LogP contribution in [0.4, 0.5) is 0 Å². The molecule has 3 aliphatic rings. The number of nitrogens with one attached hydrogen (secondary N) is 2. The van der Waals surface area contributed by atoms with E-state index in [0.717, 1.165) is 6.42 Å². The molecule has 1 aliphatic carbocycles. The second kappa shape index (κ2) is 7.02. The fourth-order valence-electron chi connectivity index (χ4n) is 5.09. The van der Waals surface area contributed by atoms with E-state index in [1.807, 2.05) is 7.05 Å². The van der Waals surface area contributed by atoms with Crippen LogP contribution in [0.1, 0.15) is 43.4 Å². The molecular weight excluding hydrogens is 344 g/mol. The number of amides is 1. The lowest BCUT2D eigenvalue weighted by atomic mass is 9.60. The third kappa shape index (κ3) is 2.90. The Morgan fingerprint density at radius 1 is 1.31 bits per heavy atom. The van der Waals surface area contributed by atoms with Gasteiger partial charge in [-0.2, -0.15) is 0 Å². The summed E-state index contributed by atoms with van der Waals surface area (Å²) < 4.78 is 0. The van der Waals surface area contributed by atoms with Crippen molar-refractivity contribution in [2.24, 2.45) is 17.8 Å². The van der Waals surface area contributed by atoms with Crippen molar-refractivity contribution in [3.63, 3.8) is 0 Å². The molecule has 1 saturated carbocycles. The van der Waals surface area contributed by atoms with Crippen LogP contribution in [0.25, 0.3) is 0 Å². The second-order valence-electron chi connectivity index (χ2n) is 8.06. The van der Waals surface area contributed by atoms with Gasteiger partial charge in [0.15, 0.2) is 0 Å². The Bertz CT molecular complexity index is 704. The standard InChI is InChI=1S/C21H28N2O2S/c1-11-10-16(24)17(14-6-4-13(5-7-14)12(2)22-3)18-15-8-9-26-20(15)21(25)23-19(11)18/h4-9,11-12,15-20,22,24H,10H2,1-3H3,(H,23,25)/t11?,12-,15?,16?,17?,18?,19?,20?/m1/s1. The van der Waals surface area contributed by atoms with E-state index in [1.54, 1.807) is 11.8 Å². The molecule has 2 aliphatic heterocycles. The number of aliphatic hydroxyl groups is 1. The molecule has 1 saturated heterocycles. The summed E-state index contributed by atoms with van der Waals surface area (Å²) in [5, 5.41) is 19.6. The number of rotatable bonds is 3. The van der Waals surface area contributed by atoms with Crippen LogP contribution < -0.4 is 10.6 Å². The van der Waals surface area contributed by atoms with Crippen molar-refractivity contribution in [2.45, 2.75) is 49.6 Å². The number of carbonyl (C=O) groups is 1. The van der Waals surface area contributed by atoms with E-state index in [4.69, 9.17) is 0 Å². The minimum absolute atomic E-state index is 0.0418. The van der Waals surface area contributed by atoms with Gasteiger partial charge in [0.1, 0.15) is 0 Å². The van der Waals surface area contributed by atoms with E-state index < -0.39 is 0 Å². The minimum atomic E-state index is -0.367. The molecule has 8 atom stereocenters. The lowest BCUT2D eigenvalue weighted by Crippen LogP contribution is -2.62. The van der Waals surface area contributed by atoms with Crippen LogP contribution in [0, 0.1) is 17.8 Å². The van der Waals surface area contributed by atoms with E-state index in [-0.39, 0.29) is 41.1 Å². The molecule has 0 bridgehead atoms. The zero-order valence-electron chi connectivity index (χ0n) is 15.6. The fraction of sp³-hybridized carbons (Fsp3) is 0.571. The van der Waals surface area contributed by atoms with Crippen molar-refractivity contribution in [1.82, 2.24) is 10.6 Å². The highest BCUT2D eigenvalue weighted by atomic mass is 32.2. The highest BCUT2D eigenvalue weighted by molar-refractivity contribution is 8.03. The van der Waals surface area contributed by atoms with Gasteiger partial charge in [0.25, 0.3) is 0 Å². The molecule has 4 nitrogen and oxygen atoms in total. The highest BCUT2D eigenvalue weighted by Gasteiger charge is 2.53. The Balaban J connectivity index is 1.69. The summed E-state index contributed by atoms with van der Waals surface area (Å²) in [6, 6.07) is 9.10. The molecule has 26 heavy (non-hydrogen) atoms. The molecule has 0 radical (unpaired) electrons. The first kappa shape index (κ1) is 18.1. The number of aliphatic hydroxyl groups excluding tert-OH is 1. The number of carbonyl (C=O) groups excluding carboxylic acids is 1. The summed E-state index contributed by atoms with van der Waals surface area (Å²) in [5.74, 6) is 0.962. The molecule has 2 fully saturated rings.